The Balaban J connectivity index is 1.43. The molecule has 1 atom stereocenters. The van der Waals surface area contributed by atoms with Crippen molar-refractivity contribution < 1.29 is 4.79 Å². The lowest BCUT2D eigenvalue weighted by Crippen LogP contribution is -2.48. The fourth-order valence-corrected chi connectivity index (χ4v) is 3.67. The van der Waals surface area contributed by atoms with Crippen LogP contribution >= 0.6 is 23.2 Å². The number of urea groups is 1. The Morgan fingerprint density at radius 3 is 2.48 bits per heavy atom. The molecule has 0 spiro atoms. The maximum Gasteiger partial charge on any atom is 0.315 e. The van der Waals surface area contributed by atoms with Crippen molar-refractivity contribution in [1.29, 1.82) is 0 Å². The number of nitrogens with zero attached hydrogens (tertiary/aromatic N) is 1. The molecular formula is C21H25Cl2N3O. The van der Waals surface area contributed by atoms with Crippen LogP contribution in [0.1, 0.15) is 36.9 Å². The van der Waals surface area contributed by atoms with Gasteiger partial charge in [0.15, 0.2) is 0 Å². The number of carbonyl (C=O) groups excluding carboxylic acids is 1. The number of hydrogen-bond donors (Lipinski definition) is 2. The molecule has 27 heavy (non-hydrogen) atoms. The van der Waals surface area contributed by atoms with E-state index in [0.29, 0.717) is 10.0 Å². The van der Waals surface area contributed by atoms with Crippen LogP contribution in [0, 0.1) is 0 Å². The van der Waals surface area contributed by atoms with Crippen LogP contribution in [0.2, 0.25) is 10.0 Å². The molecule has 1 aliphatic heterocycles. The standard InChI is InChI=1S/C21H25Cl2N3O/c1-15(17-7-8-19(22)20(23)13-17)24-21(27)25-18-9-11-26(12-10-18)14-16-5-3-2-4-6-16/h2-8,13,15,18H,9-12,14H2,1H3,(H2,24,25,27). The van der Waals surface area contributed by atoms with E-state index in [-0.39, 0.29) is 18.1 Å². The molecule has 2 aromatic carbocycles. The molecule has 0 bridgehead atoms. The summed E-state index contributed by atoms with van der Waals surface area (Å²) in [5.74, 6) is 0. The third-order valence-electron chi connectivity index (χ3n) is 4.96. The van der Waals surface area contributed by atoms with Gasteiger partial charge in [-0.3, -0.25) is 4.90 Å². The minimum atomic E-state index is -0.143. The van der Waals surface area contributed by atoms with Crippen LogP contribution in [-0.4, -0.2) is 30.1 Å². The quantitative estimate of drug-likeness (QED) is 0.733. The molecule has 2 amide bonds. The second-order valence-electron chi connectivity index (χ2n) is 7.05. The first-order chi connectivity index (χ1) is 13.0. The van der Waals surface area contributed by atoms with E-state index in [1.165, 1.54) is 5.56 Å². The van der Waals surface area contributed by atoms with E-state index in [4.69, 9.17) is 23.2 Å². The van der Waals surface area contributed by atoms with Crippen molar-refractivity contribution >= 4 is 29.2 Å². The summed E-state index contributed by atoms with van der Waals surface area (Å²) in [7, 11) is 0. The van der Waals surface area contributed by atoms with Gasteiger partial charge in [0.05, 0.1) is 16.1 Å². The summed E-state index contributed by atoms with van der Waals surface area (Å²) in [5.41, 5.74) is 2.26. The number of carbonyl (C=O) groups is 1. The molecule has 4 nitrogen and oxygen atoms in total. The van der Waals surface area contributed by atoms with Crippen molar-refractivity contribution in [1.82, 2.24) is 15.5 Å². The summed E-state index contributed by atoms with van der Waals surface area (Å²) in [4.78, 5) is 14.8. The number of piperidine rings is 1. The van der Waals surface area contributed by atoms with E-state index in [1.807, 2.05) is 19.1 Å². The van der Waals surface area contributed by atoms with Crippen LogP contribution in [-0.2, 0) is 6.54 Å². The third kappa shape index (κ3) is 5.86. The van der Waals surface area contributed by atoms with Gasteiger partial charge in [0.1, 0.15) is 0 Å². The number of rotatable bonds is 5. The van der Waals surface area contributed by atoms with Gasteiger partial charge in [0.25, 0.3) is 0 Å². The van der Waals surface area contributed by atoms with Crippen molar-refractivity contribution in [2.45, 2.75) is 38.4 Å². The highest BCUT2D eigenvalue weighted by Gasteiger charge is 2.21. The summed E-state index contributed by atoms with van der Waals surface area (Å²) in [6.07, 6.45) is 1.92. The number of amides is 2. The van der Waals surface area contributed by atoms with Gasteiger partial charge < -0.3 is 10.6 Å². The van der Waals surface area contributed by atoms with Crippen molar-refractivity contribution in [3.63, 3.8) is 0 Å². The molecule has 6 heteroatoms. The average molecular weight is 406 g/mol. The molecule has 3 rings (SSSR count). The summed E-state index contributed by atoms with van der Waals surface area (Å²) in [6, 6.07) is 15.8. The average Bonchev–Trinajstić information content (AvgIpc) is 2.66. The van der Waals surface area contributed by atoms with Gasteiger partial charge in [-0.2, -0.15) is 0 Å². The van der Waals surface area contributed by atoms with Crippen LogP contribution in [0.4, 0.5) is 4.79 Å². The molecule has 0 radical (unpaired) electrons. The predicted molar refractivity (Wildman–Crippen MR) is 111 cm³/mol. The van der Waals surface area contributed by atoms with Gasteiger partial charge in [-0.05, 0) is 43.0 Å². The highest BCUT2D eigenvalue weighted by molar-refractivity contribution is 6.42. The maximum atomic E-state index is 12.3. The van der Waals surface area contributed by atoms with Gasteiger partial charge in [-0.25, -0.2) is 4.79 Å². The molecule has 1 aliphatic rings. The van der Waals surface area contributed by atoms with Crippen molar-refractivity contribution in [3.8, 4) is 0 Å². The molecule has 0 aromatic heterocycles. The molecule has 0 saturated carbocycles. The van der Waals surface area contributed by atoms with Crippen LogP contribution in [0.25, 0.3) is 0 Å². The largest absolute Gasteiger partial charge is 0.335 e. The van der Waals surface area contributed by atoms with E-state index in [9.17, 15) is 4.79 Å². The molecule has 1 fully saturated rings. The van der Waals surface area contributed by atoms with E-state index < -0.39 is 0 Å². The zero-order valence-electron chi connectivity index (χ0n) is 15.4. The van der Waals surface area contributed by atoms with Crippen molar-refractivity contribution in [2.75, 3.05) is 13.1 Å². The minimum Gasteiger partial charge on any atom is -0.335 e. The molecule has 1 unspecified atom stereocenters. The Morgan fingerprint density at radius 1 is 1.11 bits per heavy atom. The summed E-state index contributed by atoms with van der Waals surface area (Å²) in [6.45, 7) is 4.88. The van der Waals surface area contributed by atoms with Gasteiger partial charge in [0.2, 0.25) is 0 Å². The Labute approximate surface area is 170 Å². The highest BCUT2D eigenvalue weighted by Crippen LogP contribution is 2.25. The zero-order valence-corrected chi connectivity index (χ0v) is 16.9. The predicted octanol–water partition coefficient (Wildman–Crippen LogP) is 5.02. The number of hydrogen-bond acceptors (Lipinski definition) is 2. The molecule has 144 valence electrons. The van der Waals surface area contributed by atoms with Crippen LogP contribution < -0.4 is 10.6 Å². The Kier molecular flexibility index (Phi) is 7.00. The topological polar surface area (TPSA) is 44.4 Å². The Morgan fingerprint density at radius 2 is 1.81 bits per heavy atom. The Bertz CT molecular complexity index is 761. The second kappa shape index (κ2) is 9.45. The van der Waals surface area contributed by atoms with Crippen LogP contribution in [0.15, 0.2) is 48.5 Å². The smallest absolute Gasteiger partial charge is 0.315 e. The van der Waals surface area contributed by atoms with Crippen molar-refractivity contribution in [2.24, 2.45) is 0 Å². The number of likely N-dealkylation sites (tertiary alicyclic amines) is 1. The summed E-state index contributed by atoms with van der Waals surface area (Å²) in [5, 5.41) is 7.08. The van der Waals surface area contributed by atoms with E-state index >= 15 is 0 Å². The molecule has 1 heterocycles. The molecule has 1 saturated heterocycles. The maximum absolute atomic E-state index is 12.3. The highest BCUT2D eigenvalue weighted by atomic mass is 35.5. The van der Waals surface area contributed by atoms with Crippen LogP contribution in [0.3, 0.4) is 0 Å². The van der Waals surface area contributed by atoms with Gasteiger partial charge in [-0.15, -0.1) is 0 Å². The first kappa shape index (κ1) is 20.0. The normalized spacial score (nSPS) is 16.7. The second-order valence-corrected chi connectivity index (χ2v) is 7.86. The lowest BCUT2D eigenvalue weighted by atomic mass is 10.0. The first-order valence-corrected chi connectivity index (χ1v) is 10.0. The number of benzene rings is 2. The fourth-order valence-electron chi connectivity index (χ4n) is 3.37. The van der Waals surface area contributed by atoms with Gasteiger partial charge >= 0.3 is 6.03 Å². The van der Waals surface area contributed by atoms with Gasteiger partial charge in [0, 0.05) is 25.7 Å². The Hall–Kier alpha value is -1.75. The summed E-state index contributed by atoms with van der Waals surface area (Å²) >= 11 is 12.0. The SMILES string of the molecule is CC(NC(=O)NC1CCN(Cc2ccccc2)CC1)c1ccc(Cl)c(Cl)c1. The molecule has 2 aromatic rings. The lowest BCUT2D eigenvalue weighted by Gasteiger charge is -2.32. The third-order valence-corrected chi connectivity index (χ3v) is 5.70. The van der Waals surface area contributed by atoms with Crippen molar-refractivity contribution in [3.05, 3.63) is 69.7 Å². The molecule has 0 aliphatic carbocycles. The van der Waals surface area contributed by atoms with Gasteiger partial charge in [-0.1, -0.05) is 59.6 Å². The monoisotopic (exact) mass is 405 g/mol. The molecular weight excluding hydrogens is 381 g/mol. The number of halogens is 2. The first-order valence-electron chi connectivity index (χ1n) is 9.29. The zero-order chi connectivity index (χ0) is 19.2. The van der Waals surface area contributed by atoms with Crippen LogP contribution in [0.5, 0.6) is 0 Å². The summed E-state index contributed by atoms with van der Waals surface area (Å²) < 4.78 is 0. The van der Waals surface area contributed by atoms with E-state index in [0.717, 1.165) is 38.0 Å². The van der Waals surface area contributed by atoms with E-state index in [2.05, 4.69) is 39.8 Å². The minimum absolute atomic E-state index is 0.141. The fraction of sp³-hybridized carbons (Fsp3) is 0.381. The number of nitrogens with one attached hydrogen (secondary N) is 2. The molecule has 2 N–H and O–H groups in total. The lowest BCUT2D eigenvalue weighted by molar-refractivity contribution is 0.186. The van der Waals surface area contributed by atoms with E-state index in [1.54, 1.807) is 12.1 Å².